The van der Waals surface area contributed by atoms with Gasteiger partial charge in [-0.25, -0.2) is 9.59 Å². The molecule has 0 N–H and O–H groups in total. The van der Waals surface area contributed by atoms with Crippen LogP contribution in [-0.4, -0.2) is 25.2 Å². The summed E-state index contributed by atoms with van der Waals surface area (Å²) >= 11 is 0. The second-order valence-corrected chi connectivity index (χ2v) is 7.47. The van der Waals surface area contributed by atoms with Crippen molar-refractivity contribution in [3.05, 3.63) is 35.4 Å². The average Bonchev–Trinajstić information content (AvgIpc) is 2.67. The van der Waals surface area contributed by atoms with Crippen LogP contribution >= 0.6 is 0 Å². The third kappa shape index (κ3) is 10.2. The fraction of sp³-hybridized carbons (Fsp3) is 0.652. The van der Waals surface area contributed by atoms with Crippen LogP contribution in [0.2, 0.25) is 0 Å². The Morgan fingerprint density at radius 2 is 1.26 bits per heavy atom. The summed E-state index contributed by atoms with van der Waals surface area (Å²) in [6, 6.07) is 6.67. The maximum Gasteiger partial charge on any atom is 0.339 e. The van der Waals surface area contributed by atoms with Gasteiger partial charge >= 0.3 is 11.9 Å². The number of unbranched alkanes of at least 4 members (excludes halogenated alkanes) is 6. The first kappa shape index (κ1) is 23.2. The molecule has 152 valence electrons. The predicted molar refractivity (Wildman–Crippen MR) is 109 cm³/mol. The van der Waals surface area contributed by atoms with Crippen molar-refractivity contribution >= 4 is 11.9 Å². The standard InChI is InChI=1S/C23H36O4/c1-4-17-26-22(24)20-15-11-12-16-21(20)23(25)27-18-13-9-7-5-6-8-10-14-19(2)3/h11-12,15-16,19H,4-10,13-14,17-18H2,1-3H3. The minimum absolute atomic E-state index is 0.275. The SMILES string of the molecule is CCCOC(=O)c1ccccc1C(=O)OCCCCCCCCCC(C)C. The molecular weight excluding hydrogens is 340 g/mol. The summed E-state index contributed by atoms with van der Waals surface area (Å²) in [6.07, 6.45) is 10.4. The molecule has 0 saturated carbocycles. The van der Waals surface area contributed by atoms with E-state index in [1.165, 1.54) is 38.5 Å². The lowest BCUT2D eigenvalue weighted by molar-refractivity contribution is 0.0454. The van der Waals surface area contributed by atoms with E-state index >= 15 is 0 Å². The molecule has 0 spiro atoms. The molecule has 1 rings (SSSR count). The number of hydrogen-bond donors (Lipinski definition) is 0. The lowest BCUT2D eigenvalue weighted by Gasteiger charge is -2.09. The zero-order valence-corrected chi connectivity index (χ0v) is 17.3. The molecule has 0 fully saturated rings. The van der Waals surface area contributed by atoms with Crippen LogP contribution < -0.4 is 0 Å². The van der Waals surface area contributed by atoms with Crippen molar-refractivity contribution in [1.82, 2.24) is 0 Å². The smallest absolute Gasteiger partial charge is 0.339 e. The Labute approximate surface area is 164 Å². The van der Waals surface area contributed by atoms with Gasteiger partial charge in [0.1, 0.15) is 0 Å². The van der Waals surface area contributed by atoms with E-state index in [-0.39, 0.29) is 11.1 Å². The van der Waals surface area contributed by atoms with Gasteiger partial charge in [0.2, 0.25) is 0 Å². The third-order valence-corrected chi connectivity index (χ3v) is 4.46. The molecular formula is C23H36O4. The topological polar surface area (TPSA) is 52.6 Å². The summed E-state index contributed by atoms with van der Waals surface area (Å²) in [5.74, 6) is -0.118. The van der Waals surface area contributed by atoms with Crippen LogP contribution in [0.4, 0.5) is 0 Å². The number of rotatable bonds is 14. The van der Waals surface area contributed by atoms with Gasteiger partial charge in [-0.05, 0) is 30.9 Å². The fourth-order valence-corrected chi connectivity index (χ4v) is 2.89. The van der Waals surface area contributed by atoms with Gasteiger partial charge in [-0.1, -0.05) is 77.8 Å². The second kappa shape index (κ2) is 14.2. The van der Waals surface area contributed by atoms with Crippen LogP contribution in [0.25, 0.3) is 0 Å². The van der Waals surface area contributed by atoms with Gasteiger partial charge in [-0.2, -0.15) is 0 Å². The van der Waals surface area contributed by atoms with Crippen LogP contribution in [0, 0.1) is 5.92 Å². The van der Waals surface area contributed by atoms with Crippen molar-refractivity contribution in [3.8, 4) is 0 Å². The number of esters is 2. The zero-order chi connectivity index (χ0) is 19.9. The Kier molecular flexibility index (Phi) is 12.2. The highest BCUT2D eigenvalue weighted by molar-refractivity contribution is 6.03. The summed E-state index contributed by atoms with van der Waals surface area (Å²) in [7, 11) is 0. The van der Waals surface area contributed by atoms with Gasteiger partial charge in [-0.3, -0.25) is 0 Å². The molecule has 0 saturated heterocycles. The zero-order valence-electron chi connectivity index (χ0n) is 17.3. The first-order chi connectivity index (χ1) is 13.1. The van der Waals surface area contributed by atoms with E-state index in [4.69, 9.17) is 9.47 Å². The molecule has 27 heavy (non-hydrogen) atoms. The van der Waals surface area contributed by atoms with Crippen molar-refractivity contribution < 1.29 is 19.1 Å². The quantitative estimate of drug-likeness (QED) is 0.287. The molecule has 0 radical (unpaired) electrons. The molecule has 0 aromatic heterocycles. The van der Waals surface area contributed by atoms with Gasteiger partial charge in [0.05, 0.1) is 24.3 Å². The van der Waals surface area contributed by atoms with Crippen molar-refractivity contribution in [2.75, 3.05) is 13.2 Å². The summed E-state index contributed by atoms with van der Waals surface area (Å²) < 4.78 is 10.5. The maximum absolute atomic E-state index is 12.3. The number of hydrogen-bond acceptors (Lipinski definition) is 4. The summed E-state index contributed by atoms with van der Waals surface area (Å²) in [5.41, 5.74) is 0.557. The largest absolute Gasteiger partial charge is 0.462 e. The van der Waals surface area contributed by atoms with Crippen molar-refractivity contribution in [1.29, 1.82) is 0 Å². The fourth-order valence-electron chi connectivity index (χ4n) is 2.89. The van der Waals surface area contributed by atoms with E-state index in [2.05, 4.69) is 13.8 Å². The Bertz CT molecular complexity index is 551. The summed E-state index contributed by atoms with van der Waals surface area (Å²) in [6.45, 7) is 7.21. The third-order valence-electron chi connectivity index (χ3n) is 4.46. The molecule has 0 atom stereocenters. The predicted octanol–water partition coefficient (Wildman–Crippen LogP) is 6.19. The first-order valence-corrected chi connectivity index (χ1v) is 10.5. The molecule has 0 unspecified atom stereocenters. The van der Waals surface area contributed by atoms with E-state index < -0.39 is 11.9 Å². The molecule has 0 amide bonds. The van der Waals surface area contributed by atoms with Crippen LogP contribution in [0.5, 0.6) is 0 Å². The normalized spacial score (nSPS) is 10.8. The summed E-state index contributed by atoms with van der Waals surface area (Å²) in [4.78, 5) is 24.3. The number of carbonyl (C=O) groups is 2. The van der Waals surface area contributed by atoms with Gasteiger partial charge in [-0.15, -0.1) is 0 Å². The van der Waals surface area contributed by atoms with Crippen LogP contribution in [0.15, 0.2) is 24.3 Å². The van der Waals surface area contributed by atoms with Crippen LogP contribution in [0.1, 0.15) is 99.3 Å². The highest BCUT2D eigenvalue weighted by atomic mass is 16.5. The molecule has 0 aliphatic rings. The monoisotopic (exact) mass is 376 g/mol. The van der Waals surface area contributed by atoms with E-state index in [0.717, 1.165) is 25.2 Å². The Balaban J connectivity index is 2.23. The van der Waals surface area contributed by atoms with E-state index in [9.17, 15) is 9.59 Å². The van der Waals surface area contributed by atoms with Crippen molar-refractivity contribution in [2.24, 2.45) is 5.92 Å². The highest BCUT2D eigenvalue weighted by Gasteiger charge is 2.18. The molecule has 0 aliphatic heterocycles. The van der Waals surface area contributed by atoms with E-state index in [1.807, 2.05) is 6.92 Å². The van der Waals surface area contributed by atoms with Gasteiger partial charge in [0, 0.05) is 0 Å². The molecule has 4 nitrogen and oxygen atoms in total. The minimum Gasteiger partial charge on any atom is -0.462 e. The van der Waals surface area contributed by atoms with Gasteiger partial charge < -0.3 is 9.47 Å². The molecule has 1 aromatic rings. The number of benzene rings is 1. The van der Waals surface area contributed by atoms with E-state index in [0.29, 0.717) is 13.2 Å². The number of ether oxygens (including phenoxy) is 2. The lowest BCUT2D eigenvalue weighted by Crippen LogP contribution is -2.14. The highest BCUT2D eigenvalue weighted by Crippen LogP contribution is 2.14. The maximum atomic E-state index is 12.3. The first-order valence-electron chi connectivity index (χ1n) is 10.5. The number of carbonyl (C=O) groups excluding carboxylic acids is 2. The second-order valence-electron chi connectivity index (χ2n) is 7.47. The molecule has 0 aliphatic carbocycles. The average molecular weight is 377 g/mol. The Morgan fingerprint density at radius 3 is 1.78 bits per heavy atom. The van der Waals surface area contributed by atoms with Gasteiger partial charge in [0.15, 0.2) is 0 Å². The van der Waals surface area contributed by atoms with Crippen molar-refractivity contribution in [2.45, 2.75) is 78.6 Å². The van der Waals surface area contributed by atoms with Gasteiger partial charge in [0.25, 0.3) is 0 Å². The molecule has 1 aromatic carbocycles. The molecule has 0 bridgehead atoms. The van der Waals surface area contributed by atoms with Crippen molar-refractivity contribution in [3.63, 3.8) is 0 Å². The summed E-state index contributed by atoms with van der Waals surface area (Å²) in [5, 5.41) is 0. The van der Waals surface area contributed by atoms with Crippen LogP contribution in [0.3, 0.4) is 0 Å². The Morgan fingerprint density at radius 1 is 0.778 bits per heavy atom. The minimum atomic E-state index is -0.470. The van der Waals surface area contributed by atoms with Crippen LogP contribution in [-0.2, 0) is 9.47 Å². The molecule has 0 heterocycles. The molecule has 4 heteroatoms. The lowest BCUT2D eigenvalue weighted by atomic mass is 10.0. The Hall–Kier alpha value is -1.84. The van der Waals surface area contributed by atoms with E-state index in [1.54, 1.807) is 24.3 Å².